The molecule has 0 spiro atoms. The first kappa shape index (κ1) is 15.5. The average molecular weight is 353 g/mol. The van der Waals surface area contributed by atoms with Gasteiger partial charge in [0.1, 0.15) is 0 Å². The number of nitrogens with one attached hydrogen (secondary N) is 2. The van der Waals surface area contributed by atoms with E-state index < -0.39 is 0 Å². The van der Waals surface area contributed by atoms with E-state index in [0.29, 0.717) is 16.5 Å². The minimum absolute atomic E-state index is 0.0458. The Bertz CT molecular complexity index is 749. The van der Waals surface area contributed by atoms with Crippen molar-refractivity contribution >= 4 is 52.4 Å². The van der Waals surface area contributed by atoms with Gasteiger partial charge in [0, 0.05) is 27.7 Å². The second kappa shape index (κ2) is 6.41. The lowest BCUT2D eigenvalue weighted by Gasteiger charge is -2.19. The smallest absolute Gasteiger partial charge is 0.224 e. The largest absolute Gasteiger partial charge is 0.326 e. The van der Waals surface area contributed by atoms with Gasteiger partial charge in [-0.1, -0.05) is 29.3 Å². The van der Waals surface area contributed by atoms with Crippen LogP contribution in [0.4, 0.5) is 11.4 Å². The molecule has 114 valence electrons. The molecule has 3 rings (SSSR count). The number of halogens is 2. The molecule has 1 aliphatic rings. The van der Waals surface area contributed by atoms with E-state index in [2.05, 4.69) is 10.0 Å². The van der Waals surface area contributed by atoms with Crippen molar-refractivity contribution in [1.29, 1.82) is 0 Å². The fraction of sp³-hybridized carbons (Fsp3) is 0.188. The molecule has 0 fully saturated rings. The van der Waals surface area contributed by atoms with E-state index >= 15 is 0 Å². The molecule has 3 nitrogen and oxygen atoms in total. The Morgan fingerprint density at radius 1 is 1.18 bits per heavy atom. The SMILES string of the molecule is Cc1ccc(Cl)cc1NSc1cc2c(cc1Cl)CCC(=O)N2. The highest BCUT2D eigenvalue weighted by molar-refractivity contribution is 8.00. The summed E-state index contributed by atoms with van der Waals surface area (Å²) >= 11 is 13.8. The first-order valence-corrected chi connectivity index (χ1v) is 8.41. The average Bonchev–Trinajstić information content (AvgIpc) is 2.48. The highest BCUT2D eigenvalue weighted by Gasteiger charge is 2.17. The standard InChI is InChI=1S/C16H14Cl2N2OS/c1-9-2-4-11(17)7-13(9)20-22-15-8-14-10(6-12(15)18)3-5-16(21)19-14/h2,4,6-8,20H,3,5H2,1H3,(H,19,21). The zero-order valence-corrected chi connectivity index (χ0v) is 14.2. The van der Waals surface area contributed by atoms with Gasteiger partial charge in [0.2, 0.25) is 5.91 Å². The van der Waals surface area contributed by atoms with Crippen LogP contribution in [-0.4, -0.2) is 5.91 Å². The van der Waals surface area contributed by atoms with Crippen LogP contribution in [0.2, 0.25) is 10.0 Å². The number of amides is 1. The van der Waals surface area contributed by atoms with Crippen molar-refractivity contribution in [2.24, 2.45) is 0 Å². The molecular formula is C16H14Cl2N2OS. The lowest BCUT2D eigenvalue weighted by Crippen LogP contribution is -2.18. The zero-order chi connectivity index (χ0) is 15.7. The monoisotopic (exact) mass is 352 g/mol. The maximum atomic E-state index is 11.5. The van der Waals surface area contributed by atoms with E-state index in [1.807, 2.05) is 37.3 Å². The van der Waals surface area contributed by atoms with Crippen molar-refractivity contribution in [3.05, 3.63) is 51.5 Å². The van der Waals surface area contributed by atoms with E-state index in [-0.39, 0.29) is 5.91 Å². The van der Waals surface area contributed by atoms with E-state index in [1.165, 1.54) is 11.9 Å². The Balaban J connectivity index is 1.82. The van der Waals surface area contributed by atoms with Crippen LogP contribution in [-0.2, 0) is 11.2 Å². The van der Waals surface area contributed by atoms with Crippen LogP contribution in [0.1, 0.15) is 17.5 Å². The molecule has 2 aromatic carbocycles. The number of anilines is 2. The molecule has 0 atom stereocenters. The molecule has 0 aliphatic carbocycles. The van der Waals surface area contributed by atoms with Gasteiger partial charge in [-0.05, 0) is 60.7 Å². The summed E-state index contributed by atoms with van der Waals surface area (Å²) in [5, 5.41) is 4.24. The van der Waals surface area contributed by atoms with Gasteiger partial charge in [-0.3, -0.25) is 4.79 Å². The highest BCUT2D eigenvalue weighted by atomic mass is 35.5. The van der Waals surface area contributed by atoms with Gasteiger partial charge in [0.25, 0.3) is 0 Å². The predicted molar refractivity (Wildman–Crippen MR) is 94.1 cm³/mol. The van der Waals surface area contributed by atoms with E-state index in [0.717, 1.165) is 33.8 Å². The number of carbonyl (C=O) groups is 1. The second-order valence-corrected chi connectivity index (χ2v) is 6.84. The summed E-state index contributed by atoms with van der Waals surface area (Å²) in [5.74, 6) is 0.0458. The third kappa shape index (κ3) is 3.35. The topological polar surface area (TPSA) is 41.1 Å². The van der Waals surface area contributed by atoms with Crippen molar-refractivity contribution in [3.63, 3.8) is 0 Å². The third-order valence-electron chi connectivity index (χ3n) is 3.52. The van der Waals surface area contributed by atoms with Crippen LogP contribution >= 0.6 is 35.1 Å². The summed E-state index contributed by atoms with van der Waals surface area (Å²) in [6.07, 6.45) is 1.24. The van der Waals surface area contributed by atoms with E-state index in [1.54, 1.807) is 0 Å². The lowest BCUT2D eigenvalue weighted by molar-refractivity contribution is -0.116. The summed E-state index contributed by atoms with van der Waals surface area (Å²) < 4.78 is 3.26. The minimum Gasteiger partial charge on any atom is -0.326 e. The van der Waals surface area contributed by atoms with Crippen molar-refractivity contribution in [2.75, 3.05) is 10.0 Å². The second-order valence-electron chi connectivity index (χ2n) is 5.15. The Kier molecular flexibility index (Phi) is 4.52. The fourth-order valence-corrected chi connectivity index (χ4v) is 3.52. The maximum absolute atomic E-state index is 11.5. The third-order valence-corrected chi connectivity index (χ3v) is 5.06. The van der Waals surface area contributed by atoms with Gasteiger partial charge in [-0.2, -0.15) is 0 Å². The first-order chi connectivity index (χ1) is 10.5. The number of rotatable bonds is 3. The molecule has 2 N–H and O–H groups in total. The molecule has 0 saturated heterocycles. The molecular weight excluding hydrogens is 339 g/mol. The minimum atomic E-state index is 0.0458. The molecule has 1 amide bonds. The van der Waals surface area contributed by atoms with E-state index in [4.69, 9.17) is 23.2 Å². The Morgan fingerprint density at radius 2 is 2.00 bits per heavy atom. The van der Waals surface area contributed by atoms with Crippen LogP contribution in [0, 0.1) is 6.92 Å². The molecule has 0 aromatic heterocycles. The maximum Gasteiger partial charge on any atom is 0.224 e. The number of hydrogen-bond acceptors (Lipinski definition) is 3. The van der Waals surface area contributed by atoms with Crippen molar-refractivity contribution in [3.8, 4) is 0 Å². The highest BCUT2D eigenvalue weighted by Crippen LogP contribution is 2.36. The van der Waals surface area contributed by atoms with Gasteiger partial charge in [0.15, 0.2) is 0 Å². The summed E-state index contributed by atoms with van der Waals surface area (Å²) in [6, 6.07) is 9.52. The number of benzene rings is 2. The Hall–Kier alpha value is -1.36. The molecule has 0 radical (unpaired) electrons. The Morgan fingerprint density at radius 3 is 2.82 bits per heavy atom. The molecule has 0 unspecified atom stereocenters. The summed E-state index contributed by atoms with van der Waals surface area (Å²) in [5.41, 5.74) is 3.95. The van der Waals surface area contributed by atoms with Gasteiger partial charge >= 0.3 is 0 Å². The predicted octanol–water partition coefficient (Wildman–Crippen LogP) is 5.31. The van der Waals surface area contributed by atoms with Crippen LogP contribution in [0.15, 0.2) is 35.2 Å². The number of carbonyl (C=O) groups excluding carboxylic acids is 1. The van der Waals surface area contributed by atoms with Gasteiger partial charge in [0.05, 0.1) is 5.02 Å². The number of fused-ring (bicyclic) bond motifs is 1. The summed E-state index contributed by atoms with van der Waals surface area (Å²) in [4.78, 5) is 12.4. The van der Waals surface area contributed by atoms with Gasteiger partial charge in [-0.15, -0.1) is 0 Å². The molecule has 2 aromatic rings. The molecule has 22 heavy (non-hydrogen) atoms. The van der Waals surface area contributed by atoms with Crippen LogP contribution < -0.4 is 10.0 Å². The van der Waals surface area contributed by atoms with Crippen LogP contribution in [0.25, 0.3) is 0 Å². The lowest BCUT2D eigenvalue weighted by atomic mass is 10.0. The molecule has 0 bridgehead atoms. The van der Waals surface area contributed by atoms with Crippen LogP contribution in [0.5, 0.6) is 0 Å². The molecule has 1 heterocycles. The fourth-order valence-electron chi connectivity index (χ4n) is 2.27. The van der Waals surface area contributed by atoms with Crippen molar-refractivity contribution in [1.82, 2.24) is 0 Å². The molecule has 0 saturated carbocycles. The quantitative estimate of drug-likeness (QED) is 0.735. The molecule has 1 aliphatic heterocycles. The van der Waals surface area contributed by atoms with Gasteiger partial charge in [-0.25, -0.2) is 0 Å². The Labute approximate surface area is 143 Å². The van der Waals surface area contributed by atoms with Crippen molar-refractivity contribution < 1.29 is 4.79 Å². The van der Waals surface area contributed by atoms with Gasteiger partial charge < -0.3 is 10.0 Å². The van der Waals surface area contributed by atoms with Crippen molar-refractivity contribution in [2.45, 2.75) is 24.7 Å². The summed E-state index contributed by atoms with van der Waals surface area (Å²) in [6.45, 7) is 2.01. The van der Waals surface area contributed by atoms with E-state index in [9.17, 15) is 4.79 Å². The summed E-state index contributed by atoms with van der Waals surface area (Å²) in [7, 11) is 0. The zero-order valence-electron chi connectivity index (χ0n) is 11.9. The normalized spacial score (nSPS) is 13.5. The molecule has 6 heteroatoms. The number of hydrogen-bond donors (Lipinski definition) is 2. The van der Waals surface area contributed by atoms with Crippen LogP contribution in [0.3, 0.4) is 0 Å². The number of aryl methyl sites for hydroxylation is 2. The first-order valence-electron chi connectivity index (χ1n) is 6.84.